The maximum atomic E-state index is 11.7. The fraction of sp³-hybridized carbons (Fsp3) is 0.231. The minimum absolute atomic E-state index is 0.253. The van der Waals surface area contributed by atoms with Gasteiger partial charge in [0.1, 0.15) is 6.54 Å². The van der Waals surface area contributed by atoms with Gasteiger partial charge in [-0.05, 0) is 19.1 Å². The molecule has 0 radical (unpaired) electrons. The molecule has 0 atom stereocenters. The highest BCUT2D eigenvalue weighted by atomic mass is 16.4. The first-order valence-electron chi connectivity index (χ1n) is 6.24. The zero-order chi connectivity index (χ0) is 15.2. The Labute approximate surface area is 120 Å². The van der Waals surface area contributed by atoms with Gasteiger partial charge in [-0.2, -0.15) is 5.10 Å². The number of hydrogen-bond donors (Lipinski definition) is 3. The summed E-state index contributed by atoms with van der Waals surface area (Å²) in [7, 11) is 0. The van der Waals surface area contributed by atoms with Crippen molar-refractivity contribution in [3.05, 3.63) is 42.0 Å². The summed E-state index contributed by atoms with van der Waals surface area (Å²) in [6.45, 7) is 1.92. The molecule has 2 aromatic rings. The van der Waals surface area contributed by atoms with Crippen molar-refractivity contribution in [1.82, 2.24) is 20.1 Å². The number of carbonyl (C=O) groups is 2. The van der Waals surface area contributed by atoms with Gasteiger partial charge in [0.2, 0.25) is 0 Å². The largest absolute Gasteiger partial charge is 0.480 e. The number of nitrogens with zero attached hydrogens (tertiary/aromatic N) is 3. The second-order valence-corrected chi connectivity index (χ2v) is 4.40. The van der Waals surface area contributed by atoms with Gasteiger partial charge in [0.15, 0.2) is 0 Å². The van der Waals surface area contributed by atoms with E-state index in [4.69, 9.17) is 5.11 Å². The van der Waals surface area contributed by atoms with Crippen LogP contribution in [0.2, 0.25) is 0 Å². The average Bonchev–Trinajstić information content (AvgIpc) is 2.83. The molecule has 2 heterocycles. The smallest absolute Gasteiger partial charge is 0.325 e. The molecule has 8 heteroatoms. The molecular weight excluding hydrogens is 274 g/mol. The number of urea groups is 1. The topological polar surface area (TPSA) is 109 Å². The van der Waals surface area contributed by atoms with Crippen LogP contribution < -0.4 is 10.6 Å². The quantitative estimate of drug-likeness (QED) is 0.760. The molecule has 0 saturated heterocycles. The van der Waals surface area contributed by atoms with Crippen LogP contribution in [0.5, 0.6) is 0 Å². The molecule has 0 fully saturated rings. The lowest BCUT2D eigenvalue weighted by molar-refractivity contribution is -0.137. The zero-order valence-electron chi connectivity index (χ0n) is 11.4. The first-order chi connectivity index (χ1) is 10.0. The van der Waals surface area contributed by atoms with Crippen LogP contribution >= 0.6 is 0 Å². The Balaban J connectivity index is 1.84. The number of anilines is 1. The number of carboxylic acid groups (broad SMARTS) is 1. The molecule has 2 rings (SSSR count). The second-order valence-electron chi connectivity index (χ2n) is 4.40. The molecule has 0 unspecified atom stereocenters. The Bertz CT molecular complexity index is 653. The van der Waals surface area contributed by atoms with Crippen molar-refractivity contribution in [3.63, 3.8) is 0 Å². The molecular formula is C13H15N5O3. The summed E-state index contributed by atoms with van der Waals surface area (Å²) in [5.41, 5.74) is 2.06. The van der Waals surface area contributed by atoms with Gasteiger partial charge in [0, 0.05) is 11.9 Å². The highest BCUT2D eigenvalue weighted by molar-refractivity contribution is 5.88. The minimum atomic E-state index is -1.00. The van der Waals surface area contributed by atoms with Crippen molar-refractivity contribution in [1.29, 1.82) is 0 Å². The number of nitrogens with one attached hydrogen (secondary N) is 2. The van der Waals surface area contributed by atoms with Gasteiger partial charge < -0.3 is 15.7 Å². The average molecular weight is 289 g/mol. The van der Waals surface area contributed by atoms with Gasteiger partial charge >= 0.3 is 12.0 Å². The summed E-state index contributed by atoms with van der Waals surface area (Å²) < 4.78 is 1.22. The predicted octanol–water partition coefficient (Wildman–Crippen LogP) is 0.993. The molecule has 0 spiro atoms. The summed E-state index contributed by atoms with van der Waals surface area (Å²) in [6, 6.07) is 5.15. The molecule has 3 N–H and O–H groups in total. The molecule has 8 nitrogen and oxygen atoms in total. The van der Waals surface area contributed by atoms with Gasteiger partial charge in [-0.15, -0.1) is 0 Å². The SMILES string of the molecule is Cc1cccc(CNC(=O)Nc2cnn(CC(=O)O)c2)n1. The fourth-order valence-electron chi connectivity index (χ4n) is 1.70. The number of aryl methyl sites for hydroxylation is 1. The molecule has 0 aliphatic rings. The second kappa shape index (κ2) is 6.51. The van der Waals surface area contributed by atoms with Crippen LogP contribution in [0.15, 0.2) is 30.6 Å². The Morgan fingerprint density at radius 2 is 2.19 bits per heavy atom. The highest BCUT2D eigenvalue weighted by Crippen LogP contribution is 2.04. The lowest BCUT2D eigenvalue weighted by atomic mass is 10.3. The Kier molecular flexibility index (Phi) is 4.50. The van der Waals surface area contributed by atoms with E-state index in [2.05, 4.69) is 20.7 Å². The van der Waals surface area contributed by atoms with Crippen molar-refractivity contribution in [2.75, 3.05) is 5.32 Å². The summed E-state index contributed by atoms with van der Waals surface area (Å²) in [5.74, 6) is -1.00. The third-order valence-electron chi connectivity index (χ3n) is 2.56. The van der Waals surface area contributed by atoms with E-state index in [0.717, 1.165) is 11.4 Å². The van der Waals surface area contributed by atoms with Gasteiger partial charge in [-0.1, -0.05) is 6.07 Å². The number of amides is 2. The number of carboxylic acids is 1. The molecule has 21 heavy (non-hydrogen) atoms. The Hall–Kier alpha value is -2.90. The first-order valence-corrected chi connectivity index (χ1v) is 6.24. The van der Waals surface area contributed by atoms with E-state index in [1.165, 1.54) is 17.1 Å². The monoisotopic (exact) mass is 289 g/mol. The van der Waals surface area contributed by atoms with Crippen LogP contribution in [0.1, 0.15) is 11.4 Å². The molecule has 110 valence electrons. The molecule has 0 aliphatic heterocycles. The van der Waals surface area contributed by atoms with Gasteiger partial charge in [0.05, 0.1) is 24.1 Å². The van der Waals surface area contributed by atoms with Gasteiger partial charge in [0.25, 0.3) is 0 Å². The van der Waals surface area contributed by atoms with Crippen LogP contribution in [0.4, 0.5) is 10.5 Å². The molecule has 0 bridgehead atoms. The van der Waals surface area contributed by atoms with Crippen LogP contribution in [0.3, 0.4) is 0 Å². The predicted molar refractivity (Wildman–Crippen MR) is 74.7 cm³/mol. The van der Waals surface area contributed by atoms with E-state index < -0.39 is 12.0 Å². The summed E-state index contributed by atoms with van der Waals surface area (Å²) in [4.78, 5) is 26.5. The van der Waals surface area contributed by atoms with E-state index in [9.17, 15) is 9.59 Å². The van der Waals surface area contributed by atoms with Crippen LogP contribution in [0.25, 0.3) is 0 Å². The van der Waals surface area contributed by atoms with Crippen molar-refractivity contribution in [2.45, 2.75) is 20.0 Å². The zero-order valence-corrected chi connectivity index (χ0v) is 11.4. The van der Waals surface area contributed by atoms with E-state index in [0.29, 0.717) is 12.2 Å². The normalized spacial score (nSPS) is 10.1. The third kappa shape index (κ3) is 4.60. The minimum Gasteiger partial charge on any atom is -0.480 e. The van der Waals surface area contributed by atoms with E-state index >= 15 is 0 Å². The van der Waals surface area contributed by atoms with Crippen molar-refractivity contribution in [3.8, 4) is 0 Å². The third-order valence-corrected chi connectivity index (χ3v) is 2.56. The lowest BCUT2D eigenvalue weighted by Gasteiger charge is -2.06. The van der Waals surface area contributed by atoms with Crippen molar-refractivity contribution >= 4 is 17.7 Å². The fourth-order valence-corrected chi connectivity index (χ4v) is 1.70. The number of hydrogen-bond acceptors (Lipinski definition) is 4. The first kappa shape index (κ1) is 14.5. The van der Waals surface area contributed by atoms with E-state index in [1.54, 1.807) is 0 Å². The standard InChI is InChI=1S/C13H15N5O3/c1-9-3-2-4-10(16-9)5-14-13(21)17-11-6-15-18(7-11)8-12(19)20/h2-4,6-7H,5,8H2,1H3,(H,19,20)(H2,14,17,21). The number of aromatic nitrogens is 3. The number of aliphatic carboxylic acids is 1. The number of pyridine rings is 1. The summed E-state index contributed by atoms with van der Waals surface area (Å²) in [6.07, 6.45) is 2.83. The molecule has 2 amide bonds. The lowest BCUT2D eigenvalue weighted by Crippen LogP contribution is -2.28. The van der Waals surface area contributed by atoms with Crippen LogP contribution in [0, 0.1) is 6.92 Å². The van der Waals surface area contributed by atoms with Gasteiger partial charge in [-0.25, -0.2) is 4.79 Å². The molecule has 0 aromatic carbocycles. The van der Waals surface area contributed by atoms with Crippen LogP contribution in [-0.2, 0) is 17.9 Å². The Morgan fingerprint density at radius 1 is 1.38 bits per heavy atom. The molecule has 0 aliphatic carbocycles. The number of carbonyl (C=O) groups excluding carboxylic acids is 1. The molecule has 2 aromatic heterocycles. The number of rotatable bonds is 5. The van der Waals surface area contributed by atoms with Gasteiger partial charge in [-0.3, -0.25) is 14.5 Å². The maximum Gasteiger partial charge on any atom is 0.325 e. The van der Waals surface area contributed by atoms with E-state index in [1.807, 2.05) is 25.1 Å². The Morgan fingerprint density at radius 3 is 2.90 bits per heavy atom. The van der Waals surface area contributed by atoms with Crippen LogP contribution in [-0.4, -0.2) is 31.9 Å². The molecule has 0 saturated carbocycles. The highest BCUT2D eigenvalue weighted by Gasteiger charge is 2.06. The maximum absolute atomic E-state index is 11.7. The van der Waals surface area contributed by atoms with Crippen molar-refractivity contribution < 1.29 is 14.7 Å². The summed E-state index contributed by atoms with van der Waals surface area (Å²) >= 11 is 0. The van der Waals surface area contributed by atoms with Crippen molar-refractivity contribution in [2.24, 2.45) is 0 Å². The summed E-state index contributed by atoms with van der Waals surface area (Å²) in [5, 5.41) is 17.7. The van der Waals surface area contributed by atoms with E-state index in [-0.39, 0.29) is 6.54 Å².